The zero-order valence-electron chi connectivity index (χ0n) is 27.3. The van der Waals surface area contributed by atoms with Gasteiger partial charge in [-0.2, -0.15) is 9.97 Å². The van der Waals surface area contributed by atoms with E-state index in [1.807, 2.05) is 0 Å². The summed E-state index contributed by atoms with van der Waals surface area (Å²) < 4.78 is 54.4. The zero-order chi connectivity index (χ0) is 34.6. The van der Waals surface area contributed by atoms with Crippen LogP contribution in [-0.4, -0.2) is 111 Å². The third-order valence-corrected chi connectivity index (χ3v) is 10.2. The molecule has 6 N–H and O–H groups in total. The molecule has 0 bridgehead atoms. The number of fused-ring (bicyclic) bond motifs is 1. The number of ether oxygens (including phenoxy) is 6. The van der Waals surface area contributed by atoms with E-state index in [0.29, 0.717) is 26.1 Å². The van der Waals surface area contributed by atoms with E-state index < -0.39 is 74.9 Å². The van der Waals surface area contributed by atoms with Crippen molar-refractivity contribution < 1.29 is 57.3 Å². The Kier molecular flexibility index (Phi) is 11.5. The second-order valence-corrected chi connectivity index (χ2v) is 14.0. The number of carbonyl (C=O) groups excluding carboxylic acids is 2. The molecule has 19 nitrogen and oxygen atoms in total. The SMILES string of the molecule is COc1nc(N)nc2c1ncn2[C@@H]1O[C@H](COP(=O)(N[C@@H](C)C(=O)OC2CCCCO2)N[C@@H](C)C(=O)OC2CCCCO2)[C@@H](O)[C@@]1(C)O. The molecule has 48 heavy (non-hydrogen) atoms. The topological polar surface area (TPSA) is 250 Å². The standard InChI is InChI=1S/C28H44N7O12P/c1-15(24(37)46-18-9-5-7-11-42-18)33-48(40,34-16(2)25(38)47-19-10-6-8-12-43-19)44-13-17-21(36)28(3,39)26(45-17)35-14-30-20-22(35)31-27(29)32-23(20)41-4/h14-19,21,26,36,39H,5-13H2,1-4H3,(H2,29,31,32)(H2,33,34,40)/t15-,16-,17+,18?,19?,21+,26+,28+,48?/m0/s1. The highest BCUT2D eigenvalue weighted by atomic mass is 31.2. The van der Waals surface area contributed by atoms with Crippen LogP contribution in [0.3, 0.4) is 0 Å². The Morgan fingerprint density at radius 1 is 1.08 bits per heavy atom. The van der Waals surface area contributed by atoms with Crippen LogP contribution in [0.15, 0.2) is 6.33 Å². The first-order valence-electron chi connectivity index (χ1n) is 15.9. The normalized spacial score (nSPS) is 30.3. The molecule has 0 spiro atoms. The highest BCUT2D eigenvalue weighted by molar-refractivity contribution is 7.54. The molecule has 0 saturated carbocycles. The predicted molar refractivity (Wildman–Crippen MR) is 165 cm³/mol. The van der Waals surface area contributed by atoms with Crippen LogP contribution in [0.4, 0.5) is 5.95 Å². The molecular formula is C28H44N7O12P. The van der Waals surface area contributed by atoms with Crippen LogP contribution in [0.25, 0.3) is 11.2 Å². The number of imidazole rings is 1. The van der Waals surface area contributed by atoms with Crippen molar-refractivity contribution in [2.75, 3.05) is 32.7 Å². The van der Waals surface area contributed by atoms with Crippen molar-refractivity contribution in [2.45, 2.75) is 108 Å². The number of anilines is 1. The zero-order valence-corrected chi connectivity index (χ0v) is 28.2. The molecule has 3 saturated heterocycles. The van der Waals surface area contributed by atoms with E-state index in [1.54, 1.807) is 0 Å². The minimum absolute atomic E-state index is 0.0952. The van der Waals surface area contributed by atoms with Crippen molar-refractivity contribution in [1.82, 2.24) is 29.7 Å². The fourth-order valence-electron chi connectivity index (χ4n) is 5.58. The van der Waals surface area contributed by atoms with Gasteiger partial charge in [-0.1, -0.05) is 0 Å². The quantitative estimate of drug-likeness (QED) is 0.142. The number of hydrogen-bond acceptors (Lipinski definition) is 16. The van der Waals surface area contributed by atoms with E-state index in [9.17, 15) is 24.4 Å². The fourth-order valence-corrected chi connectivity index (χ4v) is 7.39. The molecule has 3 aliphatic rings. The summed E-state index contributed by atoms with van der Waals surface area (Å²) in [4.78, 5) is 38.2. The van der Waals surface area contributed by atoms with Crippen molar-refractivity contribution in [1.29, 1.82) is 0 Å². The summed E-state index contributed by atoms with van der Waals surface area (Å²) in [6, 6.07) is -2.39. The first-order chi connectivity index (χ1) is 22.8. The van der Waals surface area contributed by atoms with E-state index in [-0.39, 0.29) is 23.0 Å². The van der Waals surface area contributed by atoms with Crippen LogP contribution in [-0.2, 0) is 42.4 Å². The Bertz CT molecular complexity index is 1440. The van der Waals surface area contributed by atoms with Gasteiger partial charge in [0.25, 0.3) is 0 Å². The average Bonchev–Trinajstić information content (AvgIpc) is 3.57. The van der Waals surface area contributed by atoms with Crippen molar-refractivity contribution in [2.24, 2.45) is 0 Å². The highest BCUT2D eigenvalue weighted by Gasteiger charge is 2.54. The number of aliphatic hydroxyl groups is 2. The van der Waals surface area contributed by atoms with Crippen molar-refractivity contribution in [3.05, 3.63) is 6.33 Å². The number of hydrogen-bond donors (Lipinski definition) is 5. The smallest absolute Gasteiger partial charge is 0.342 e. The summed E-state index contributed by atoms with van der Waals surface area (Å²) in [5, 5.41) is 27.7. The summed E-state index contributed by atoms with van der Waals surface area (Å²) in [6.07, 6.45) is 0.116. The molecule has 0 radical (unpaired) electrons. The molecule has 5 rings (SSSR count). The van der Waals surface area contributed by atoms with Gasteiger partial charge in [0, 0.05) is 12.8 Å². The lowest BCUT2D eigenvalue weighted by Crippen LogP contribution is -2.46. The van der Waals surface area contributed by atoms with E-state index in [2.05, 4.69) is 25.1 Å². The van der Waals surface area contributed by atoms with Gasteiger partial charge < -0.3 is 48.9 Å². The summed E-state index contributed by atoms with van der Waals surface area (Å²) in [5.41, 5.74) is 4.29. The van der Waals surface area contributed by atoms with Gasteiger partial charge >= 0.3 is 19.6 Å². The molecule has 2 aromatic rings. The second-order valence-electron chi connectivity index (χ2n) is 12.1. The number of methoxy groups -OCH3 is 1. The Hall–Kier alpha value is -3.00. The van der Waals surface area contributed by atoms with Crippen molar-refractivity contribution >= 4 is 36.7 Å². The molecule has 2 aromatic heterocycles. The number of aromatic nitrogens is 4. The Balaban J connectivity index is 1.31. The Labute approximate surface area is 276 Å². The van der Waals surface area contributed by atoms with Crippen LogP contribution >= 0.6 is 7.67 Å². The molecule has 0 amide bonds. The highest BCUT2D eigenvalue weighted by Crippen LogP contribution is 2.44. The minimum Gasteiger partial charge on any atom is -0.479 e. The van der Waals surface area contributed by atoms with Gasteiger partial charge in [-0.15, -0.1) is 0 Å². The molecule has 20 heteroatoms. The number of esters is 2. The largest absolute Gasteiger partial charge is 0.479 e. The molecule has 0 aliphatic carbocycles. The summed E-state index contributed by atoms with van der Waals surface area (Å²) >= 11 is 0. The maximum absolute atomic E-state index is 14.3. The van der Waals surface area contributed by atoms with Crippen LogP contribution in [0.2, 0.25) is 0 Å². The first kappa shape index (κ1) is 36.3. The van der Waals surface area contributed by atoms with E-state index in [0.717, 1.165) is 25.7 Å². The Morgan fingerprint density at radius 3 is 2.19 bits per heavy atom. The summed E-state index contributed by atoms with van der Waals surface area (Å²) in [6.45, 7) is 4.49. The predicted octanol–water partition coefficient (Wildman–Crippen LogP) is 0.647. The maximum Gasteiger partial charge on any atom is 0.342 e. The number of nitrogens with two attached hydrogens (primary N) is 1. The van der Waals surface area contributed by atoms with Crippen molar-refractivity contribution in [3.8, 4) is 5.88 Å². The molecule has 8 atom stereocenters. The first-order valence-corrected chi connectivity index (χ1v) is 17.5. The lowest BCUT2D eigenvalue weighted by Gasteiger charge is -2.29. The maximum atomic E-state index is 14.3. The monoisotopic (exact) mass is 701 g/mol. The van der Waals surface area contributed by atoms with E-state index >= 15 is 0 Å². The van der Waals surface area contributed by atoms with Crippen molar-refractivity contribution in [3.63, 3.8) is 0 Å². The number of nitrogens with zero attached hydrogens (tertiary/aromatic N) is 4. The van der Waals surface area contributed by atoms with Gasteiger partial charge in [-0.25, -0.2) is 15.2 Å². The van der Waals surface area contributed by atoms with E-state index in [1.165, 1.54) is 38.8 Å². The van der Waals surface area contributed by atoms with Crippen LogP contribution in [0.1, 0.15) is 65.5 Å². The third kappa shape index (κ3) is 8.23. The average molecular weight is 702 g/mol. The van der Waals surface area contributed by atoms with E-state index in [4.69, 9.17) is 38.7 Å². The lowest BCUT2D eigenvalue weighted by atomic mass is 9.96. The van der Waals surface area contributed by atoms with Gasteiger partial charge in [-0.3, -0.25) is 18.7 Å². The van der Waals surface area contributed by atoms with Gasteiger partial charge in [-0.05, 0) is 46.5 Å². The molecule has 268 valence electrons. The Morgan fingerprint density at radius 2 is 1.67 bits per heavy atom. The number of rotatable bonds is 13. The van der Waals surface area contributed by atoms with Gasteiger partial charge in [0.2, 0.25) is 24.4 Å². The summed E-state index contributed by atoms with van der Waals surface area (Å²) in [5.74, 6) is -1.55. The molecule has 2 unspecified atom stereocenters. The lowest BCUT2D eigenvalue weighted by molar-refractivity contribution is -0.188. The van der Waals surface area contributed by atoms with Gasteiger partial charge in [0.05, 0.1) is 33.3 Å². The molecule has 5 heterocycles. The van der Waals surface area contributed by atoms with Gasteiger partial charge in [0.1, 0.15) is 29.9 Å². The van der Waals surface area contributed by atoms with Gasteiger partial charge in [0.15, 0.2) is 17.4 Å². The second kappa shape index (κ2) is 15.3. The molecular weight excluding hydrogens is 657 g/mol. The number of carbonyl (C=O) groups is 2. The minimum atomic E-state index is -4.33. The summed E-state index contributed by atoms with van der Waals surface area (Å²) in [7, 11) is -2.95. The van der Waals surface area contributed by atoms with Crippen LogP contribution < -0.4 is 20.6 Å². The number of nitrogen functional groups attached to an aromatic ring is 1. The fraction of sp³-hybridized carbons (Fsp3) is 0.750. The molecule has 3 aliphatic heterocycles. The molecule has 0 aromatic carbocycles. The van der Waals surface area contributed by atoms with Crippen LogP contribution in [0, 0.1) is 0 Å². The number of nitrogens with one attached hydrogen (secondary N) is 2. The number of aliphatic hydroxyl groups excluding tert-OH is 1. The van der Waals surface area contributed by atoms with Crippen LogP contribution in [0.5, 0.6) is 5.88 Å². The third-order valence-electron chi connectivity index (χ3n) is 8.23. The molecule has 3 fully saturated rings.